The van der Waals surface area contributed by atoms with Crippen LogP contribution in [0.5, 0.6) is 5.75 Å². The predicted octanol–water partition coefficient (Wildman–Crippen LogP) is 2.46. The van der Waals surface area contributed by atoms with Crippen LogP contribution in [0.2, 0.25) is 0 Å². The Morgan fingerprint density at radius 1 is 1.22 bits per heavy atom. The SMILES string of the molecule is Cc1nc(CNCCOc2ccccc2)oc1C. The Kier molecular flexibility index (Phi) is 4.36. The molecule has 18 heavy (non-hydrogen) atoms. The van der Waals surface area contributed by atoms with Crippen LogP contribution >= 0.6 is 0 Å². The van der Waals surface area contributed by atoms with E-state index in [0.717, 1.165) is 29.6 Å². The fourth-order valence-corrected chi connectivity index (χ4v) is 1.57. The molecule has 0 saturated carbocycles. The van der Waals surface area contributed by atoms with Gasteiger partial charge in [-0.3, -0.25) is 0 Å². The summed E-state index contributed by atoms with van der Waals surface area (Å²) in [6, 6.07) is 9.78. The van der Waals surface area contributed by atoms with E-state index in [2.05, 4.69) is 10.3 Å². The molecule has 0 aliphatic rings. The maximum Gasteiger partial charge on any atom is 0.208 e. The number of benzene rings is 1. The average molecular weight is 246 g/mol. The number of oxazole rings is 1. The van der Waals surface area contributed by atoms with Crippen LogP contribution in [0.25, 0.3) is 0 Å². The third-order valence-electron chi connectivity index (χ3n) is 2.64. The van der Waals surface area contributed by atoms with Crippen molar-refractivity contribution in [3.8, 4) is 5.75 Å². The van der Waals surface area contributed by atoms with E-state index in [4.69, 9.17) is 9.15 Å². The number of aromatic nitrogens is 1. The van der Waals surface area contributed by atoms with Crippen LogP contribution in [0, 0.1) is 13.8 Å². The minimum atomic E-state index is 0.628. The molecule has 0 amide bonds. The lowest BCUT2D eigenvalue weighted by molar-refractivity contribution is 0.310. The highest BCUT2D eigenvalue weighted by molar-refractivity contribution is 5.20. The second-order valence-electron chi connectivity index (χ2n) is 4.09. The van der Waals surface area contributed by atoms with Gasteiger partial charge in [-0.1, -0.05) is 18.2 Å². The summed E-state index contributed by atoms with van der Waals surface area (Å²) in [5.41, 5.74) is 0.951. The highest BCUT2D eigenvalue weighted by Crippen LogP contribution is 2.08. The van der Waals surface area contributed by atoms with Crippen molar-refractivity contribution >= 4 is 0 Å². The van der Waals surface area contributed by atoms with Crippen LogP contribution in [0.3, 0.4) is 0 Å². The van der Waals surface area contributed by atoms with E-state index < -0.39 is 0 Å². The van der Waals surface area contributed by atoms with Crippen molar-refractivity contribution in [2.24, 2.45) is 0 Å². The number of ether oxygens (including phenoxy) is 1. The molecule has 2 rings (SSSR count). The van der Waals surface area contributed by atoms with Crippen molar-refractivity contribution in [2.75, 3.05) is 13.2 Å². The molecule has 0 fully saturated rings. The second kappa shape index (κ2) is 6.21. The number of aryl methyl sites for hydroxylation is 2. The average Bonchev–Trinajstić information content (AvgIpc) is 2.70. The Balaban J connectivity index is 1.64. The molecule has 0 bridgehead atoms. The van der Waals surface area contributed by atoms with Crippen LogP contribution in [0.4, 0.5) is 0 Å². The van der Waals surface area contributed by atoms with Gasteiger partial charge < -0.3 is 14.5 Å². The number of nitrogens with zero attached hydrogens (tertiary/aromatic N) is 1. The normalized spacial score (nSPS) is 10.6. The molecule has 0 unspecified atom stereocenters. The molecule has 4 nitrogen and oxygen atoms in total. The smallest absolute Gasteiger partial charge is 0.208 e. The molecule has 4 heteroatoms. The lowest BCUT2D eigenvalue weighted by Gasteiger charge is -2.05. The molecule has 0 aliphatic heterocycles. The van der Waals surface area contributed by atoms with Crippen molar-refractivity contribution in [3.63, 3.8) is 0 Å². The first-order valence-corrected chi connectivity index (χ1v) is 6.07. The summed E-state index contributed by atoms with van der Waals surface area (Å²) in [5, 5.41) is 3.23. The van der Waals surface area contributed by atoms with E-state index in [0.29, 0.717) is 13.2 Å². The predicted molar refractivity (Wildman–Crippen MR) is 69.6 cm³/mol. The van der Waals surface area contributed by atoms with E-state index in [9.17, 15) is 0 Å². The zero-order chi connectivity index (χ0) is 12.8. The van der Waals surface area contributed by atoms with Gasteiger partial charge in [-0.2, -0.15) is 0 Å². The summed E-state index contributed by atoms with van der Waals surface area (Å²) in [7, 11) is 0. The molecular weight excluding hydrogens is 228 g/mol. The van der Waals surface area contributed by atoms with Crippen LogP contribution in [0.1, 0.15) is 17.3 Å². The monoisotopic (exact) mass is 246 g/mol. The summed E-state index contributed by atoms with van der Waals surface area (Å²) in [4.78, 5) is 4.30. The molecule has 1 aromatic carbocycles. The van der Waals surface area contributed by atoms with Crippen LogP contribution in [-0.4, -0.2) is 18.1 Å². The zero-order valence-electron chi connectivity index (χ0n) is 10.8. The van der Waals surface area contributed by atoms with Crippen molar-refractivity contribution < 1.29 is 9.15 Å². The maximum absolute atomic E-state index is 5.56. The molecule has 0 spiro atoms. The molecule has 96 valence electrons. The Bertz CT molecular complexity index is 460. The minimum absolute atomic E-state index is 0.628. The molecule has 0 atom stereocenters. The van der Waals surface area contributed by atoms with Gasteiger partial charge >= 0.3 is 0 Å². The number of rotatable bonds is 6. The molecule has 0 radical (unpaired) electrons. The Morgan fingerprint density at radius 2 is 2.00 bits per heavy atom. The van der Waals surface area contributed by atoms with E-state index in [1.54, 1.807) is 0 Å². The number of hydrogen-bond acceptors (Lipinski definition) is 4. The van der Waals surface area contributed by atoms with E-state index in [-0.39, 0.29) is 0 Å². The quantitative estimate of drug-likeness (QED) is 0.795. The Labute approximate surface area is 107 Å². The van der Waals surface area contributed by atoms with E-state index in [1.807, 2.05) is 44.2 Å². The first-order valence-electron chi connectivity index (χ1n) is 6.07. The van der Waals surface area contributed by atoms with Crippen molar-refractivity contribution in [2.45, 2.75) is 20.4 Å². The summed E-state index contributed by atoms with van der Waals surface area (Å²) in [5.74, 6) is 2.50. The lowest BCUT2D eigenvalue weighted by atomic mass is 10.3. The third-order valence-corrected chi connectivity index (χ3v) is 2.64. The fourth-order valence-electron chi connectivity index (χ4n) is 1.57. The van der Waals surface area contributed by atoms with Crippen molar-refractivity contribution in [1.82, 2.24) is 10.3 Å². The second-order valence-corrected chi connectivity index (χ2v) is 4.09. The van der Waals surface area contributed by atoms with Gasteiger partial charge in [0.15, 0.2) is 0 Å². The van der Waals surface area contributed by atoms with Gasteiger partial charge in [0, 0.05) is 6.54 Å². The van der Waals surface area contributed by atoms with E-state index >= 15 is 0 Å². The van der Waals surface area contributed by atoms with Crippen LogP contribution in [0.15, 0.2) is 34.7 Å². The van der Waals surface area contributed by atoms with Crippen LogP contribution in [-0.2, 0) is 6.54 Å². The van der Waals surface area contributed by atoms with Crippen LogP contribution < -0.4 is 10.1 Å². The van der Waals surface area contributed by atoms with Gasteiger partial charge in [0.2, 0.25) is 5.89 Å². The van der Waals surface area contributed by atoms with Gasteiger partial charge in [0.1, 0.15) is 18.1 Å². The van der Waals surface area contributed by atoms with Gasteiger partial charge in [-0.05, 0) is 26.0 Å². The summed E-state index contributed by atoms with van der Waals surface area (Å²) >= 11 is 0. The Hall–Kier alpha value is -1.81. The molecule has 1 heterocycles. The summed E-state index contributed by atoms with van der Waals surface area (Å²) in [6.07, 6.45) is 0. The third kappa shape index (κ3) is 3.60. The standard InChI is InChI=1S/C14H18N2O2/c1-11-12(2)18-14(16-11)10-15-8-9-17-13-6-4-3-5-7-13/h3-7,15H,8-10H2,1-2H3. The zero-order valence-corrected chi connectivity index (χ0v) is 10.8. The first-order chi connectivity index (χ1) is 8.75. The summed E-state index contributed by atoms with van der Waals surface area (Å²) < 4.78 is 11.0. The van der Waals surface area contributed by atoms with Gasteiger partial charge in [-0.15, -0.1) is 0 Å². The fraction of sp³-hybridized carbons (Fsp3) is 0.357. The molecule has 1 N–H and O–H groups in total. The highest BCUT2D eigenvalue weighted by atomic mass is 16.5. The molecule has 0 aliphatic carbocycles. The minimum Gasteiger partial charge on any atom is -0.492 e. The number of nitrogens with one attached hydrogen (secondary N) is 1. The van der Waals surface area contributed by atoms with Crippen molar-refractivity contribution in [1.29, 1.82) is 0 Å². The van der Waals surface area contributed by atoms with Gasteiger partial charge in [0.25, 0.3) is 0 Å². The molecule has 1 aromatic heterocycles. The first kappa shape index (κ1) is 12.6. The van der Waals surface area contributed by atoms with Crippen molar-refractivity contribution in [3.05, 3.63) is 47.7 Å². The molecule has 0 saturated heterocycles. The number of para-hydroxylation sites is 1. The number of hydrogen-bond donors (Lipinski definition) is 1. The molecular formula is C14H18N2O2. The highest BCUT2D eigenvalue weighted by Gasteiger charge is 2.04. The largest absolute Gasteiger partial charge is 0.492 e. The van der Waals surface area contributed by atoms with E-state index in [1.165, 1.54) is 0 Å². The topological polar surface area (TPSA) is 47.3 Å². The van der Waals surface area contributed by atoms with Gasteiger partial charge in [0.05, 0.1) is 12.2 Å². The molecule has 2 aromatic rings. The summed E-state index contributed by atoms with van der Waals surface area (Å²) in [6.45, 7) is 5.89. The maximum atomic E-state index is 5.56. The lowest BCUT2D eigenvalue weighted by Crippen LogP contribution is -2.20. The Morgan fingerprint density at radius 3 is 2.67 bits per heavy atom. The van der Waals surface area contributed by atoms with Gasteiger partial charge in [-0.25, -0.2) is 4.98 Å².